The monoisotopic (exact) mass is 516 g/mol. The zero-order chi connectivity index (χ0) is 25.0. The highest BCUT2D eigenvalue weighted by molar-refractivity contribution is 6.33. The van der Waals surface area contributed by atoms with E-state index in [0.717, 1.165) is 37.7 Å². The van der Waals surface area contributed by atoms with Crippen LogP contribution in [0.15, 0.2) is 30.4 Å². The molecule has 4 aliphatic rings. The van der Waals surface area contributed by atoms with Crippen molar-refractivity contribution in [1.29, 1.82) is 0 Å². The molecule has 0 unspecified atom stereocenters. The number of fused-ring (bicyclic) bond motifs is 5. The average Bonchev–Trinajstić information content (AvgIpc) is 3.15. The fourth-order valence-corrected chi connectivity index (χ4v) is 8.82. The van der Waals surface area contributed by atoms with Crippen LogP contribution >= 0.6 is 23.2 Å². The van der Waals surface area contributed by atoms with Crippen LogP contribution in [0.2, 0.25) is 10.0 Å². The van der Waals surface area contributed by atoms with E-state index in [2.05, 4.69) is 25.2 Å². The average molecular weight is 518 g/mol. The molecule has 0 bridgehead atoms. The SMILES string of the molecule is CN1C(=O)C=C[C@]2(C)[C@H]3CC[C@]4(C)[C@@H](NC(=O)CCCc5cc(Cl)ccc5Cl)CC[C@H]4[C@@H]3CC[C@@H]12. The Morgan fingerprint density at radius 2 is 1.91 bits per heavy atom. The molecule has 0 spiro atoms. The molecule has 3 aliphatic carbocycles. The molecule has 1 aliphatic heterocycles. The fraction of sp³-hybridized carbons (Fsp3) is 0.655. The molecule has 3 saturated carbocycles. The van der Waals surface area contributed by atoms with Crippen molar-refractivity contribution < 1.29 is 9.59 Å². The highest BCUT2D eigenvalue weighted by Crippen LogP contribution is 2.63. The van der Waals surface area contributed by atoms with Crippen LogP contribution in [0.3, 0.4) is 0 Å². The number of nitrogens with one attached hydrogen (secondary N) is 1. The first-order valence-corrected chi connectivity index (χ1v) is 14.1. The van der Waals surface area contributed by atoms with Gasteiger partial charge >= 0.3 is 0 Å². The van der Waals surface area contributed by atoms with Crippen LogP contribution in [0.5, 0.6) is 0 Å². The van der Waals surface area contributed by atoms with Crippen LogP contribution in [-0.2, 0) is 16.0 Å². The number of aryl methyl sites for hydroxylation is 1. The maximum absolute atomic E-state index is 12.9. The molecule has 1 aromatic rings. The van der Waals surface area contributed by atoms with E-state index in [9.17, 15) is 9.59 Å². The molecular formula is C29H38Cl2N2O2. The number of benzene rings is 1. The molecule has 0 radical (unpaired) electrons. The zero-order valence-corrected chi connectivity index (χ0v) is 22.7. The Hall–Kier alpha value is -1.52. The van der Waals surface area contributed by atoms with E-state index in [0.29, 0.717) is 40.3 Å². The molecule has 3 fully saturated rings. The molecule has 0 aromatic heterocycles. The zero-order valence-electron chi connectivity index (χ0n) is 21.2. The normalized spacial score (nSPS) is 38.0. The highest BCUT2D eigenvalue weighted by atomic mass is 35.5. The largest absolute Gasteiger partial charge is 0.353 e. The van der Waals surface area contributed by atoms with Gasteiger partial charge < -0.3 is 10.2 Å². The van der Waals surface area contributed by atoms with Gasteiger partial charge in [0.05, 0.1) is 0 Å². The number of rotatable bonds is 5. The third-order valence-electron chi connectivity index (χ3n) is 10.3. The summed E-state index contributed by atoms with van der Waals surface area (Å²) in [6.07, 6.45) is 12.9. The van der Waals surface area contributed by atoms with Gasteiger partial charge in [-0.2, -0.15) is 0 Å². The van der Waals surface area contributed by atoms with Crippen LogP contribution in [0, 0.1) is 28.6 Å². The Morgan fingerprint density at radius 3 is 2.71 bits per heavy atom. The van der Waals surface area contributed by atoms with Crippen LogP contribution < -0.4 is 5.32 Å². The fourth-order valence-electron chi connectivity index (χ4n) is 8.42. The third-order valence-corrected chi connectivity index (χ3v) is 10.9. The lowest BCUT2D eigenvalue weighted by atomic mass is 9.48. The van der Waals surface area contributed by atoms with Gasteiger partial charge in [0.2, 0.25) is 11.8 Å². The molecule has 1 heterocycles. The van der Waals surface area contributed by atoms with Crippen molar-refractivity contribution in [3.63, 3.8) is 0 Å². The molecule has 0 saturated heterocycles. The van der Waals surface area contributed by atoms with Gasteiger partial charge in [-0.3, -0.25) is 9.59 Å². The molecular weight excluding hydrogens is 479 g/mol. The van der Waals surface area contributed by atoms with E-state index in [-0.39, 0.29) is 28.7 Å². The first kappa shape index (κ1) is 25.1. The number of carbonyl (C=O) groups excluding carboxylic acids is 2. The number of halogens is 2. The van der Waals surface area contributed by atoms with Crippen molar-refractivity contribution in [3.8, 4) is 0 Å². The number of hydrogen-bond donors (Lipinski definition) is 1. The van der Waals surface area contributed by atoms with Gasteiger partial charge in [-0.25, -0.2) is 0 Å². The number of amides is 2. The minimum Gasteiger partial charge on any atom is -0.353 e. The molecule has 1 N–H and O–H groups in total. The minimum absolute atomic E-state index is 0.0653. The van der Waals surface area contributed by atoms with Crippen LogP contribution in [-0.4, -0.2) is 35.8 Å². The van der Waals surface area contributed by atoms with E-state index >= 15 is 0 Å². The van der Waals surface area contributed by atoms with Gasteiger partial charge in [0.15, 0.2) is 0 Å². The Balaban J connectivity index is 1.22. The summed E-state index contributed by atoms with van der Waals surface area (Å²) in [6, 6.07) is 6.08. The molecule has 5 rings (SSSR count). The van der Waals surface area contributed by atoms with E-state index in [1.807, 2.05) is 24.1 Å². The summed E-state index contributed by atoms with van der Waals surface area (Å²) in [5.74, 6) is 2.23. The Morgan fingerprint density at radius 1 is 1.11 bits per heavy atom. The van der Waals surface area contributed by atoms with Crippen molar-refractivity contribution in [2.24, 2.45) is 28.6 Å². The molecule has 1 aromatic carbocycles. The maximum Gasteiger partial charge on any atom is 0.246 e. The van der Waals surface area contributed by atoms with Crippen molar-refractivity contribution >= 4 is 35.0 Å². The Labute approximate surface area is 219 Å². The summed E-state index contributed by atoms with van der Waals surface area (Å²) in [7, 11) is 1.98. The molecule has 6 heteroatoms. The standard InChI is InChI=1S/C29H38Cl2N2O2/c1-28-15-13-22-20(8-12-25-29(22,2)16-14-27(35)33(25)3)21(28)9-11-24(28)32-26(34)6-4-5-18-17-19(30)7-10-23(18)31/h7,10,14,16-17,20-22,24-25H,4-6,8-9,11-13,15H2,1-3H3,(H,32,34)/t20-,21-,22-,24-,25+,28-,29+/m0/s1. The summed E-state index contributed by atoms with van der Waals surface area (Å²) in [5, 5.41) is 4.83. The molecule has 2 amide bonds. The summed E-state index contributed by atoms with van der Waals surface area (Å²) in [5.41, 5.74) is 1.23. The Kier molecular flexibility index (Phi) is 6.76. The number of likely N-dealkylation sites (N-methyl/N-ethyl adjacent to an activating group) is 1. The summed E-state index contributed by atoms with van der Waals surface area (Å²) in [4.78, 5) is 27.2. The molecule has 190 valence electrons. The van der Waals surface area contributed by atoms with Gasteiger partial charge in [-0.1, -0.05) is 43.1 Å². The lowest BCUT2D eigenvalue weighted by molar-refractivity contribution is -0.138. The van der Waals surface area contributed by atoms with Crippen LogP contribution in [0.25, 0.3) is 0 Å². The first-order chi connectivity index (χ1) is 16.6. The van der Waals surface area contributed by atoms with E-state index in [1.165, 1.54) is 19.3 Å². The van der Waals surface area contributed by atoms with Crippen LogP contribution in [0.4, 0.5) is 0 Å². The van der Waals surface area contributed by atoms with Gasteiger partial charge in [0, 0.05) is 41.0 Å². The summed E-state index contributed by atoms with van der Waals surface area (Å²) < 4.78 is 0. The van der Waals surface area contributed by atoms with E-state index in [4.69, 9.17) is 23.2 Å². The van der Waals surface area contributed by atoms with Crippen molar-refractivity contribution in [2.45, 2.75) is 83.7 Å². The van der Waals surface area contributed by atoms with Crippen molar-refractivity contribution in [2.75, 3.05) is 7.05 Å². The molecule has 7 atom stereocenters. The molecule has 4 nitrogen and oxygen atoms in total. The maximum atomic E-state index is 12.9. The predicted octanol–water partition coefficient (Wildman–Crippen LogP) is 6.44. The lowest BCUT2D eigenvalue weighted by Gasteiger charge is -2.60. The highest BCUT2D eigenvalue weighted by Gasteiger charge is 2.60. The van der Waals surface area contributed by atoms with Gasteiger partial charge in [0.1, 0.15) is 0 Å². The van der Waals surface area contributed by atoms with Crippen LogP contribution in [0.1, 0.15) is 70.8 Å². The van der Waals surface area contributed by atoms with Gasteiger partial charge in [-0.15, -0.1) is 0 Å². The predicted molar refractivity (Wildman–Crippen MR) is 141 cm³/mol. The second-order valence-electron chi connectivity index (χ2n) is 11.9. The smallest absolute Gasteiger partial charge is 0.246 e. The topological polar surface area (TPSA) is 49.4 Å². The second-order valence-corrected chi connectivity index (χ2v) is 12.8. The number of carbonyl (C=O) groups is 2. The third kappa shape index (κ3) is 4.33. The summed E-state index contributed by atoms with van der Waals surface area (Å²) in [6.45, 7) is 4.81. The van der Waals surface area contributed by atoms with E-state index in [1.54, 1.807) is 12.1 Å². The number of nitrogens with zero attached hydrogens (tertiary/aromatic N) is 1. The van der Waals surface area contributed by atoms with E-state index < -0.39 is 0 Å². The van der Waals surface area contributed by atoms with Gasteiger partial charge in [0.25, 0.3) is 0 Å². The first-order valence-electron chi connectivity index (χ1n) is 13.3. The van der Waals surface area contributed by atoms with Crippen molar-refractivity contribution in [1.82, 2.24) is 10.2 Å². The second kappa shape index (κ2) is 9.41. The van der Waals surface area contributed by atoms with Crippen molar-refractivity contribution in [3.05, 3.63) is 46.0 Å². The van der Waals surface area contributed by atoms with Gasteiger partial charge in [-0.05, 0) is 104 Å². The Bertz CT molecular complexity index is 1040. The minimum atomic E-state index is 0.0653. The summed E-state index contributed by atoms with van der Waals surface area (Å²) >= 11 is 12.4. The lowest BCUT2D eigenvalue weighted by Crippen LogP contribution is -2.60. The number of hydrogen-bond acceptors (Lipinski definition) is 2. The quantitative estimate of drug-likeness (QED) is 0.489. The molecule has 35 heavy (non-hydrogen) atoms.